The first-order valence-electron chi connectivity index (χ1n) is 7.36. The zero-order valence-electron chi connectivity index (χ0n) is 12.6. The quantitative estimate of drug-likeness (QED) is 0.919. The molecule has 0 aliphatic carbocycles. The van der Waals surface area contributed by atoms with Gasteiger partial charge in [0.2, 0.25) is 5.91 Å². The van der Waals surface area contributed by atoms with Crippen LogP contribution in [0, 0.1) is 0 Å². The number of carbonyl (C=O) groups excluding carboxylic acids is 1. The molecule has 2 rings (SSSR count). The summed E-state index contributed by atoms with van der Waals surface area (Å²) in [4.78, 5) is 13.7. The van der Waals surface area contributed by atoms with E-state index >= 15 is 0 Å². The highest BCUT2D eigenvalue weighted by atomic mass is 16.5. The molecule has 1 heterocycles. The fourth-order valence-electron chi connectivity index (χ4n) is 2.47. The monoisotopic (exact) mass is 276 g/mol. The predicted molar refractivity (Wildman–Crippen MR) is 82.5 cm³/mol. The van der Waals surface area contributed by atoms with Gasteiger partial charge in [0.25, 0.3) is 0 Å². The smallest absolute Gasteiger partial charge is 0.221 e. The van der Waals surface area contributed by atoms with E-state index in [1.54, 1.807) is 6.92 Å². The van der Waals surface area contributed by atoms with Crippen LogP contribution in [0.4, 0.5) is 11.4 Å². The highest BCUT2D eigenvalue weighted by Crippen LogP contribution is 2.31. The van der Waals surface area contributed by atoms with Crippen LogP contribution in [0.5, 0.6) is 0 Å². The Labute approximate surface area is 121 Å². The minimum Gasteiger partial charge on any atom is -0.378 e. The number of carbonyl (C=O) groups is 1. The maximum atomic E-state index is 11.4. The van der Waals surface area contributed by atoms with E-state index in [1.165, 1.54) is 5.56 Å². The van der Waals surface area contributed by atoms with Gasteiger partial charge in [0.05, 0.1) is 24.6 Å². The lowest BCUT2D eigenvalue weighted by Gasteiger charge is -2.31. The number of nitrogens with zero attached hydrogens (tertiary/aromatic N) is 1. The van der Waals surface area contributed by atoms with Crippen LogP contribution in [0.2, 0.25) is 0 Å². The largest absolute Gasteiger partial charge is 0.378 e. The van der Waals surface area contributed by atoms with Gasteiger partial charge in [0, 0.05) is 20.0 Å². The summed E-state index contributed by atoms with van der Waals surface area (Å²) in [6.07, 6.45) is 1.09. The number of rotatable bonds is 4. The lowest BCUT2D eigenvalue weighted by molar-refractivity contribution is -0.114. The molecular formula is C16H24N2O2. The normalized spacial score (nSPS) is 16.9. The van der Waals surface area contributed by atoms with Crippen LogP contribution in [-0.4, -0.2) is 32.2 Å². The maximum absolute atomic E-state index is 11.4. The zero-order valence-corrected chi connectivity index (χ0v) is 12.6. The Bertz CT molecular complexity index is 468. The van der Waals surface area contributed by atoms with Crippen molar-refractivity contribution in [2.45, 2.75) is 33.1 Å². The Morgan fingerprint density at radius 3 is 2.70 bits per heavy atom. The summed E-state index contributed by atoms with van der Waals surface area (Å²) in [6, 6.07) is 6.41. The molecule has 1 unspecified atom stereocenters. The number of hydrogen-bond acceptors (Lipinski definition) is 3. The van der Waals surface area contributed by atoms with Crippen LogP contribution in [-0.2, 0) is 9.53 Å². The number of nitrogens with one attached hydrogen (secondary N) is 1. The third kappa shape index (κ3) is 3.51. The molecule has 1 aliphatic rings. The molecule has 1 aromatic rings. The number of morpholine rings is 1. The van der Waals surface area contributed by atoms with Crippen molar-refractivity contribution in [2.24, 2.45) is 0 Å². The first kappa shape index (κ1) is 14.9. The van der Waals surface area contributed by atoms with Crippen molar-refractivity contribution >= 4 is 17.3 Å². The first-order chi connectivity index (χ1) is 9.61. The summed E-state index contributed by atoms with van der Waals surface area (Å²) in [6.45, 7) is 9.17. The molecule has 110 valence electrons. The topological polar surface area (TPSA) is 41.6 Å². The maximum Gasteiger partial charge on any atom is 0.221 e. The molecule has 1 amide bonds. The second-order valence-electron chi connectivity index (χ2n) is 5.37. The van der Waals surface area contributed by atoms with Crippen molar-refractivity contribution in [3.8, 4) is 0 Å². The van der Waals surface area contributed by atoms with E-state index in [1.807, 2.05) is 0 Å². The average molecular weight is 276 g/mol. The molecule has 0 radical (unpaired) electrons. The van der Waals surface area contributed by atoms with E-state index in [-0.39, 0.29) is 5.91 Å². The second kappa shape index (κ2) is 6.75. The number of anilines is 2. The fourth-order valence-corrected chi connectivity index (χ4v) is 2.47. The van der Waals surface area contributed by atoms with Gasteiger partial charge in [-0.25, -0.2) is 0 Å². The minimum absolute atomic E-state index is 0.0270. The molecular weight excluding hydrogens is 252 g/mol. The molecule has 1 aromatic carbocycles. The highest BCUT2D eigenvalue weighted by Gasteiger charge is 2.16. The zero-order chi connectivity index (χ0) is 14.5. The summed E-state index contributed by atoms with van der Waals surface area (Å²) < 4.78 is 5.39. The Morgan fingerprint density at radius 2 is 2.10 bits per heavy atom. The van der Waals surface area contributed by atoms with Crippen molar-refractivity contribution in [3.63, 3.8) is 0 Å². The van der Waals surface area contributed by atoms with Gasteiger partial charge in [0.15, 0.2) is 0 Å². The van der Waals surface area contributed by atoms with Crippen LogP contribution in [0.3, 0.4) is 0 Å². The summed E-state index contributed by atoms with van der Waals surface area (Å²) in [5.41, 5.74) is 3.28. The van der Waals surface area contributed by atoms with Crippen LogP contribution in [0.15, 0.2) is 18.2 Å². The summed E-state index contributed by atoms with van der Waals surface area (Å²) in [5.74, 6) is 0.474. The van der Waals surface area contributed by atoms with Gasteiger partial charge in [-0.3, -0.25) is 4.79 Å². The van der Waals surface area contributed by atoms with Gasteiger partial charge in [-0.1, -0.05) is 19.9 Å². The molecule has 4 heteroatoms. The second-order valence-corrected chi connectivity index (χ2v) is 5.37. The SMILES string of the molecule is CCC(C)c1ccc(N2CCOCC2)c(NC(C)=O)c1. The van der Waals surface area contributed by atoms with Crippen molar-refractivity contribution in [2.75, 3.05) is 36.5 Å². The lowest BCUT2D eigenvalue weighted by atomic mass is 9.97. The molecule has 1 N–H and O–H groups in total. The number of benzene rings is 1. The third-order valence-electron chi connectivity index (χ3n) is 3.86. The summed E-state index contributed by atoms with van der Waals surface area (Å²) in [7, 11) is 0. The van der Waals surface area contributed by atoms with E-state index in [0.717, 1.165) is 44.1 Å². The minimum atomic E-state index is -0.0270. The van der Waals surface area contributed by atoms with Gasteiger partial charge in [-0.05, 0) is 30.0 Å². The number of hydrogen-bond donors (Lipinski definition) is 1. The molecule has 1 atom stereocenters. The number of amides is 1. The number of ether oxygens (including phenoxy) is 1. The van der Waals surface area contributed by atoms with Crippen LogP contribution < -0.4 is 10.2 Å². The fraction of sp³-hybridized carbons (Fsp3) is 0.562. The summed E-state index contributed by atoms with van der Waals surface area (Å²) >= 11 is 0. The molecule has 4 nitrogen and oxygen atoms in total. The lowest BCUT2D eigenvalue weighted by Crippen LogP contribution is -2.36. The Morgan fingerprint density at radius 1 is 1.40 bits per heavy atom. The molecule has 1 saturated heterocycles. The van der Waals surface area contributed by atoms with E-state index in [9.17, 15) is 4.79 Å². The summed E-state index contributed by atoms with van der Waals surface area (Å²) in [5, 5.41) is 2.97. The van der Waals surface area contributed by atoms with Gasteiger partial charge in [0.1, 0.15) is 0 Å². The molecule has 0 aromatic heterocycles. The molecule has 20 heavy (non-hydrogen) atoms. The molecule has 1 aliphatic heterocycles. The first-order valence-corrected chi connectivity index (χ1v) is 7.36. The van der Waals surface area contributed by atoms with Gasteiger partial charge < -0.3 is 15.0 Å². The Hall–Kier alpha value is -1.55. The third-order valence-corrected chi connectivity index (χ3v) is 3.86. The van der Waals surface area contributed by atoms with E-state index in [4.69, 9.17) is 4.74 Å². The van der Waals surface area contributed by atoms with E-state index in [2.05, 4.69) is 42.3 Å². The van der Waals surface area contributed by atoms with Gasteiger partial charge in [-0.15, -0.1) is 0 Å². The Kier molecular flexibility index (Phi) is 5.01. The van der Waals surface area contributed by atoms with Crippen LogP contribution in [0.25, 0.3) is 0 Å². The van der Waals surface area contributed by atoms with Crippen molar-refractivity contribution in [3.05, 3.63) is 23.8 Å². The van der Waals surface area contributed by atoms with Crippen molar-refractivity contribution in [1.82, 2.24) is 0 Å². The van der Waals surface area contributed by atoms with E-state index in [0.29, 0.717) is 5.92 Å². The average Bonchev–Trinajstić information content (AvgIpc) is 2.46. The van der Waals surface area contributed by atoms with Crippen LogP contribution >= 0.6 is 0 Å². The molecule has 1 fully saturated rings. The Balaban J connectivity index is 2.31. The molecule has 0 spiro atoms. The highest BCUT2D eigenvalue weighted by molar-refractivity contribution is 5.93. The van der Waals surface area contributed by atoms with Crippen molar-refractivity contribution < 1.29 is 9.53 Å². The van der Waals surface area contributed by atoms with Crippen molar-refractivity contribution in [1.29, 1.82) is 0 Å². The molecule has 0 saturated carbocycles. The molecule has 0 bridgehead atoms. The van der Waals surface area contributed by atoms with Gasteiger partial charge >= 0.3 is 0 Å². The van der Waals surface area contributed by atoms with E-state index < -0.39 is 0 Å². The standard InChI is InChI=1S/C16H24N2O2/c1-4-12(2)14-5-6-16(15(11-14)17-13(3)19)18-7-9-20-10-8-18/h5-6,11-12H,4,7-10H2,1-3H3,(H,17,19). The predicted octanol–water partition coefficient (Wildman–Crippen LogP) is 3.00. The van der Waals surface area contributed by atoms with Gasteiger partial charge in [-0.2, -0.15) is 0 Å². The van der Waals surface area contributed by atoms with Crippen LogP contribution in [0.1, 0.15) is 38.7 Å².